The van der Waals surface area contributed by atoms with Gasteiger partial charge in [0.15, 0.2) is 11.5 Å². The third-order valence-corrected chi connectivity index (χ3v) is 6.39. The minimum atomic E-state index is -0.788. The van der Waals surface area contributed by atoms with Crippen molar-refractivity contribution in [1.82, 2.24) is 9.80 Å². The quantitative estimate of drug-likeness (QED) is 0.185. The number of likely N-dealkylation sites (tertiary alicyclic amines) is 1. The van der Waals surface area contributed by atoms with Crippen LogP contribution in [0.5, 0.6) is 17.2 Å². The SMILES string of the molecule is C=CCOc1ccc(C2C(=C(O)c3ccc(OCC)cc3)C(=O)C(=O)N2CCN(CC)CC)cc1OC. The molecule has 2 aromatic rings. The molecule has 1 aliphatic rings. The summed E-state index contributed by atoms with van der Waals surface area (Å²) in [6, 6.07) is 11.3. The number of amides is 1. The van der Waals surface area contributed by atoms with Crippen LogP contribution in [0.25, 0.3) is 5.76 Å². The summed E-state index contributed by atoms with van der Waals surface area (Å²) < 4.78 is 16.7. The second kappa shape index (κ2) is 13.0. The minimum absolute atomic E-state index is 0.0375. The molecule has 1 amide bonds. The van der Waals surface area contributed by atoms with Crippen LogP contribution in [-0.4, -0.2) is 73.1 Å². The van der Waals surface area contributed by atoms with Gasteiger partial charge in [0.1, 0.15) is 18.1 Å². The number of rotatable bonds is 13. The van der Waals surface area contributed by atoms with Crippen LogP contribution in [0.2, 0.25) is 0 Å². The van der Waals surface area contributed by atoms with Crippen molar-refractivity contribution in [2.75, 3.05) is 46.5 Å². The molecular formula is C29H36N2O6. The highest BCUT2D eigenvalue weighted by Gasteiger charge is 2.46. The Balaban J connectivity index is 2.11. The van der Waals surface area contributed by atoms with Gasteiger partial charge in [-0.05, 0) is 62.0 Å². The lowest BCUT2D eigenvalue weighted by atomic mass is 9.95. The fourth-order valence-corrected chi connectivity index (χ4v) is 4.40. The van der Waals surface area contributed by atoms with Gasteiger partial charge in [0.05, 0.1) is 25.3 Å². The largest absolute Gasteiger partial charge is 0.507 e. The molecule has 37 heavy (non-hydrogen) atoms. The number of aliphatic hydroxyl groups is 1. The van der Waals surface area contributed by atoms with Crippen molar-refractivity contribution in [3.8, 4) is 17.2 Å². The second-order valence-corrected chi connectivity index (χ2v) is 8.49. The van der Waals surface area contributed by atoms with Gasteiger partial charge in [-0.3, -0.25) is 9.59 Å². The van der Waals surface area contributed by atoms with E-state index < -0.39 is 17.7 Å². The summed E-state index contributed by atoms with van der Waals surface area (Å²) in [6.07, 6.45) is 1.63. The summed E-state index contributed by atoms with van der Waals surface area (Å²) in [5, 5.41) is 11.3. The fraction of sp³-hybridized carbons (Fsp3) is 0.379. The molecule has 1 heterocycles. The lowest BCUT2D eigenvalue weighted by Crippen LogP contribution is -2.38. The number of likely N-dealkylation sites (N-methyl/N-ethyl adjacent to an activating group) is 1. The van der Waals surface area contributed by atoms with Crippen molar-refractivity contribution in [2.24, 2.45) is 0 Å². The van der Waals surface area contributed by atoms with Crippen LogP contribution in [0.3, 0.4) is 0 Å². The molecule has 0 aliphatic carbocycles. The van der Waals surface area contributed by atoms with Gasteiger partial charge in [0, 0.05) is 18.7 Å². The maximum Gasteiger partial charge on any atom is 0.295 e. The van der Waals surface area contributed by atoms with Gasteiger partial charge in [0.25, 0.3) is 11.7 Å². The standard InChI is InChI=1S/C29H36N2O6/c1-6-18-37-23-15-12-21(19-24(23)35-5)26-25(27(32)20-10-13-22(14-11-20)36-9-4)28(33)29(34)31(26)17-16-30(7-2)8-3/h6,10-15,19,26,32H,1,7-9,16-18H2,2-5H3. The van der Waals surface area contributed by atoms with Crippen LogP contribution in [0, 0.1) is 0 Å². The summed E-state index contributed by atoms with van der Waals surface area (Å²) in [5.74, 6) is 0.0165. The van der Waals surface area contributed by atoms with Gasteiger partial charge in [-0.25, -0.2) is 0 Å². The first-order chi connectivity index (χ1) is 17.9. The van der Waals surface area contributed by atoms with E-state index in [-0.39, 0.29) is 11.3 Å². The number of hydrogen-bond donors (Lipinski definition) is 1. The summed E-state index contributed by atoms with van der Waals surface area (Å²) in [6.45, 7) is 13.0. The molecule has 2 aromatic carbocycles. The average molecular weight is 509 g/mol. The van der Waals surface area contributed by atoms with Gasteiger partial charge in [-0.15, -0.1) is 0 Å². The number of hydrogen-bond acceptors (Lipinski definition) is 7. The molecule has 0 saturated carbocycles. The number of aliphatic hydroxyl groups excluding tert-OH is 1. The Hall–Kier alpha value is -3.78. The number of carbonyl (C=O) groups is 2. The van der Waals surface area contributed by atoms with Gasteiger partial charge < -0.3 is 29.1 Å². The highest BCUT2D eigenvalue weighted by atomic mass is 16.5. The zero-order chi connectivity index (χ0) is 26.9. The summed E-state index contributed by atoms with van der Waals surface area (Å²) in [7, 11) is 1.52. The Morgan fingerprint density at radius 2 is 1.76 bits per heavy atom. The molecule has 1 aliphatic heterocycles. The summed E-state index contributed by atoms with van der Waals surface area (Å²) >= 11 is 0. The zero-order valence-electron chi connectivity index (χ0n) is 22.0. The molecule has 3 rings (SSSR count). The highest BCUT2D eigenvalue weighted by Crippen LogP contribution is 2.42. The molecule has 8 heteroatoms. The first-order valence-corrected chi connectivity index (χ1v) is 12.6. The third-order valence-electron chi connectivity index (χ3n) is 6.39. The topological polar surface area (TPSA) is 88.5 Å². The molecule has 1 atom stereocenters. The van der Waals surface area contributed by atoms with Crippen molar-refractivity contribution < 1.29 is 28.9 Å². The number of nitrogens with zero attached hydrogens (tertiary/aromatic N) is 2. The van der Waals surface area contributed by atoms with Gasteiger partial charge in [-0.1, -0.05) is 32.6 Å². The maximum atomic E-state index is 13.3. The van der Waals surface area contributed by atoms with Crippen LogP contribution in [0.15, 0.2) is 60.7 Å². The molecule has 1 saturated heterocycles. The molecule has 0 bridgehead atoms. The van der Waals surface area contributed by atoms with E-state index in [1.54, 1.807) is 48.5 Å². The van der Waals surface area contributed by atoms with Crippen molar-refractivity contribution in [3.05, 3.63) is 71.8 Å². The van der Waals surface area contributed by atoms with E-state index in [0.29, 0.717) is 54.7 Å². The smallest absolute Gasteiger partial charge is 0.295 e. The number of ether oxygens (including phenoxy) is 3. The minimum Gasteiger partial charge on any atom is -0.507 e. The predicted octanol–water partition coefficient (Wildman–Crippen LogP) is 4.42. The monoisotopic (exact) mass is 508 g/mol. The van der Waals surface area contributed by atoms with E-state index in [9.17, 15) is 14.7 Å². The fourth-order valence-electron chi connectivity index (χ4n) is 4.40. The van der Waals surface area contributed by atoms with Crippen LogP contribution < -0.4 is 14.2 Å². The van der Waals surface area contributed by atoms with E-state index in [2.05, 4.69) is 11.5 Å². The van der Waals surface area contributed by atoms with Gasteiger partial charge in [-0.2, -0.15) is 0 Å². The lowest BCUT2D eigenvalue weighted by molar-refractivity contribution is -0.140. The molecule has 1 fully saturated rings. The summed E-state index contributed by atoms with van der Waals surface area (Å²) in [4.78, 5) is 30.3. The number of benzene rings is 2. The van der Waals surface area contributed by atoms with Crippen LogP contribution in [0.4, 0.5) is 0 Å². The molecule has 0 aromatic heterocycles. The molecule has 0 radical (unpaired) electrons. The molecule has 8 nitrogen and oxygen atoms in total. The van der Waals surface area contributed by atoms with E-state index in [4.69, 9.17) is 14.2 Å². The van der Waals surface area contributed by atoms with Crippen molar-refractivity contribution in [2.45, 2.75) is 26.8 Å². The Labute approximate surface area is 218 Å². The zero-order valence-corrected chi connectivity index (χ0v) is 22.0. The Bertz CT molecular complexity index is 1140. The van der Waals surface area contributed by atoms with E-state index >= 15 is 0 Å². The van der Waals surface area contributed by atoms with Crippen molar-refractivity contribution >= 4 is 17.4 Å². The number of carbonyl (C=O) groups excluding carboxylic acids is 2. The predicted molar refractivity (Wildman–Crippen MR) is 143 cm³/mol. The number of ketones is 1. The van der Waals surface area contributed by atoms with Crippen LogP contribution in [-0.2, 0) is 9.59 Å². The number of Topliss-reactive ketones (excluding diaryl/α,β-unsaturated/α-hetero) is 1. The van der Waals surface area contributed by atoms with Crippen LogP contribution in [0.1, 0.15) is 37.9 Å². The molecule has 0 spiro atoms. The molecule has 1 unspecified atom stereocenters. The molecular weight excluding hydrogens is 472 g/mol. The first kappa shape index (κ1) is 27.8. The average Bonchev–Trinajstić information content (AvgIpc) is 3.17. The van der Waals surface area contributed by atoms with E-state index in [1.807, 2.05) is 20.8 Å². The molecule has 1 N–H and O–H groups in total. The second-order valence-electron chi connectivity index (χ2n) is 8.49. The van der Waals surface area contributed by atoms with Crippen molar-refractivity contribution in [3.63, 3.8) is 0 Å². The first-order valence-electron chi connectivity index (χ1n) is 12.6. The maximum absolute atomic E-state index is 13.3. The lowest BCUT2D eigenvalue weighted by Gasteiger charge is -2.28. The van der Waals surface area contributed by atoms with E-state index in [1.165, 1.54) is 12.0 Å². The Kier molecular flexibility index (Phi) is 9.74. The normalized spacial score (nSPS) is 16.8. The van der Waals surface area contributed by atoms with Gasteiger partial charge >= 0.3 is 0 Å². The number of methoxy groups -OCH3 is 1. The molecule has 198 valence electrons. The third kappa shape index (κ3) is 6.14. The van der Waals surface area contributed by atoms with Crippen LogP contribution >= 0.6 is 0 Å². The van der Waals surface area contributed by atoms with E-state index in [0.717, 1.165) is 13.1 Å². The Morgan fingerprint density at radius 3 is 2.35 bits per heavy atom. The highest BCUT2D eigenvalue weighted by molar-refractivity contribution is 6.46. The summed E-state index contributed by atoms with van der Waals surface area (Å²) in [5.41, 5.74) is 1.10. The van der Waals surface area contributed by atoms with Crippen molar-refractivity contribution in [1.29, 1.82) is 0 Å². The Morgan fingerprint density at radius 1 is 1.05 bits per heavy atom. The van der Waals surface area contributed by atoms with Gasteiger partial charge in [0.2, 0.25) is 0 Å².